The molecule has 0 aromatic rings. The van der Waals surface area contributed by atoms with Gasteiger partial charge in [-0.1, -0.05) is 318 Å². The Morgan fingerprint density at radius 1 is 0.293 bits per heavy atom. The van der Waals surface area contributed by atoms with E-state index in [0.29, 0.717) is 25.7 Å². The molecule has 0 aliphatic heterocycles. The first-order valence-corrected chi connectivity index (χ1v) is 40.8. The van der Waals surface area contributed by atoms with Crippen LogP contribution in [0.2, 0.25) is 0 Å². The summed E-state index contributed by atoms with van der Waals surface area (Å²) < 4.78 is 68.4. The van der Waals surface area contributed by atoms with Crippen LogP contribution >= 0.6 is 15.6 Å². The van der Waals surface area contributed by atoms with Crippen molar-refractivity contribution in [1.29, 1.82) is 0 Å². The summed E-state index contributed by atoms with van der Waals surface area (Å²) >= 11 is 0. The molecule has 0 fully saturated rings. The molecule has 0 aliphatic rings. The van der Waals surface area contributed by atoms with Gasteiger partial charge in [0.1, 0.15) is 19.3 Å². The Hall–Kier alpha value is -1.94. The van der Waals surface area contributed by atoms with Crippen LogP contribution in [0, 0.1) is 17.8 Å². The fourth-order valence-corrected chi connectivity index (χ4v) is 12.7. The van der Waals surface area contributed by atoms with E-state index in [1.165, 1.54) is 180 Å². The summed E-state index contributed by atoms with van der Waals surface area (Å²) in [5.74, 6) is 0.180. The molecule has 0 saturated heterocycles. The molecule has 19 heteroatoms. The molecule has 0 aliphatic carbocycles. The van der Waals surface area contributed by atoms with Gasteiger partial charge in [0.2, 0.25) is 0 Å². The standard InChI is InChI=1S/C73H142O17P2/c1-8-9-10-11-12-23-33-40-47-54-70(75)83-60-68(90-73(78)57-50-43-36-29-22-26-32-39-46-53-66(6)7)62-87-91(79,80)85-58-67(74)59-86-92(81,82)88-63-69(61-84-71(76)55-48-41-34-27-21-17-19-25-31-38-45-52-65(4)5)89-72(77)56-49-42-35-28-20-16-14-13-15-18-24-30-37-44-51-64(2)3/h64-69,74H,8-63H2,1-7H3,(H,79,80)(H,81,82)/t67-,68+,69+/m0/s1. The number of hydrogen-bond acceptors (Lipinski definition) is 15. The fourth-order valence-electron chi connectivity index (χ4n) is 11.1. The molecule has 92 heavy (non-hydrogen) atoms. The molecule has 0 amide bonds. The van der Waals surface area contributed by atoms with E-state index in [2.05, 4.69) is 48.5 Å². The number of carbonyl (C=O) groups is 4. The monoisotopic (exact) mass is 1350 g/mol. The number of rotatable bonds is 71. The third-order valence-corrected chi connectivity index (χ3v) is 18.8. The molecule has 0 radical (unpaired) electrons. The van der Waals surface area contributed by atoms with E-state index in [1.54, 1.807) is 0 Å². The van der Waals surface area contributed by atoms with E-state index in [1.807, 2.05) is 0 Å². The van der Waals surface area contributed by atoms with Crippen molar-refractivity contribution in [3.8, 4) is 0 Å². The maximum absolute atomic E-state index is 13.1. The molecule has 0 spiro atoms. The Morgan fingerprint density at radius 3 is 0.739 bits per heavy atom. The molecule has 3 N–H and O–H groups in total. The summed E-state index contributed by atoms with van der Waals surface area (Å²) in [5, 5.41) is 10.6. The summed E-state index contributed by atoms with van der Waals surface area (Å²) in [6, 6.07) is 0. The number of phosphoric acid groups is 2. The first-order chi connectivity index (χ1) is 44.2. The second-order valence-corrected chi connectivity index (χ2v) is 30.7. The summed E-state index contributed by atoms with van der Waals surface area (Å²) in [5.41, 5.74) is 0. The van der Waals surface area contributed by atoms with Crippen LogP contribution in [0.1, 0.15) is 370 Å². The predicted octanol–water partition coefficient (Wildman–Crippen LogP) is 21.0. The van der Waals surface area contributed by atoms with Crippen LogP contribution in [-0.4, -0.2) is 96.7 Å². The minimum atomic E-state index is -4.95. The van der Waals surface area contributed by atoms with Crippen molar-refractivity contribution in [3.05, 3.63) is 0 Å². The number of esters is 4. The third kappa shape index (κ3) is 66.7. The highest BCUT2D eigenvalue weighted by atomic mass is 31.2. The van der Waals surface area contributed by atoms with E-state index >= 15 is 0 Å². The van der Waals surface area contributed by atoms with E-state index in [9.17, 15) is 43.2 Å². The van der Waals surface area contributed by atoms with Crippen LogP contribution in [0.3, 0.4) is 0 Å². The number of aliphatic hydroxyl groups excluding tert-OH is 1. The molecule has 2 unspecified atom stereocenters. The van der Waals surface area contributed by atoms with Crippen molar-refractivity contribution in [1.82, 2.24) is 0 Å². The van der Waals surface area contributed by atoms with Gasteiger partial charge < -0.3 is 33.8 Å². The average molecular weight is 1350 g/mol. The molecule has 0 rings (SSSR count). The number of carbonyl (C=O) groups excluding carboxylic acids is 4. The van der Waals surface area contributed by atoms with Crippen molar-refractivity contribution < 1.29 is 80.2 Å². The Labute approximate surface area is 562 Å². The maximum atomic E-state index is 13.1. The minimum Gasteiger partial charge on any atom is -0.462 e. The second kappa shape index (κ2) is 63.8. The normalized spacial score (nSPS) is 14.1. The molecule has 546 valence electrons. The molecule has 0 bridgehead atoms. The molecule has 5 atom stereocenters. The zero-order chi connectivity index (χ0) is 68.0. The van der Waals surface area contributed by atoms with Gasteiger partial charge in [0.05, 0.1) is 26.4 Å². The van der Waals surface area contributed by atoms with Gasteiger partial charge in [-0.2, -0.15) is 0 Å². The number of unbranched alkanes of at least 4 members (excludes halogenated alkanes) is 39. The third-order valence-electron chi connectivity index (χ3n) is 16.9. The van der Waals surface area contributed by atoms with Gasteiger partial charge in [-0.05, 0) is 43.4 Å². The van der Waals surface area contributed by atoms with E-state index < -0.39 is 97.5 Å². The highest BCUT2D eigenvalue weighted by molar-refractivity contribution is 7.47. The van der Waals surface area contributed by atoms with E-state index in [4.69, 9.17) is 37.0 Å². The molecule has 0 saturated carbocycles. The highest BCUT2D eigenvalue weighted by Gasteiger charge is 2.30. The first-order valence-electron chi connectivity index (χ1n) is 37.8. The van der Waals surface area contributed by atoms with Crippen molar-refractivity contribution >= 4 is 39.5 Å². The van der Waals surface area contributed by atoms with Gasteiger partial charge in [0, 0.05) is 25.7 Å². The molecular formula is C73H142O17P2. The first kappa shape index (κ1) is 90.1. The summed E-state index contributed by atoms with van der Waals surface area (Å²) in [4.78, 5) is 72.6. The van der Waals surface area contributed by atoms with Crippen molar-refractivity contribution in [2.45, 2.75) is 388 Å². The van der Waals surface area contributed by atoms with E-state index in [0.717, 1.165) is 108 Å². The van der Waals surface area contributed by atoms with Gasteiger partial charge in [-0.25, -0.2) is 9.13 Å². The lowest BCUT2D eigenvalue weighted by atomic mass is 10.0. The van der Waals surface area contributed by atoms with Crippen molar-refractivity contribution in [3.63, 3.8) is 0 Å². The quantitative estimate of drug-likeness (QED) is 0.0222. The van der Waals surface area contributed by atoms with Crippen molar-refractivity contribution in [2.24, 2.45) is 17.8 Å². The highest BCUT2D eigenvalue weighted by Crippen LogP contribution is 2.45. The fraction of sp³-hybridized carbons (Fsp3) is 0.945. The molecular weight excluding hydrogens is 1210 g/mol. The molecule has 0 aromatic carbocycles. The van der Waals surface area contributed by atoms with Crippen LogP contribution in [-0.2, 0) is 65.4 Å². The maximum Gasteiger partial charge on any atom is 0.472 e. The summed E-state index contributed by atoms with van der Waals surface area (Å²) in [7, 11) is -9.90. The molecule has 0 aromatic heterocycles. The van der Waals surface area contributed by atoms with Gasteiger partial charge in [-0.15, -0.1) is 0 Å². The SMILES string of the molecule is CCCCCCCCCCCC(=O)OC[C@H](COP(=O)(O)OC[C@H](O)COP(=O)(O)OC[C@@H](COC(=O)CCCCCCCCCCCCCC(C)C)OC(=O)CCCCCCCCCCCCCCCCC(C)C)OC(=O)CCCCCCCCCCCC(C)C. The lowest BCUT2D eigenvalue weighted by Gasteiger charge is -2.21. The second-order valence-electron chi connectivity index (χ2n) is 27.8. The van der Waals surface area contributed by atoms with Crippen LogP contribution in [0.4, 0.5) is 0 Å². The number of aliphatic hydroxyl groups is 1. The van der Waals surface area contributed by atoms with Gasteiger partial charge in [0.15, 0.2) is 12.2 Å². The van der Waals surface area contributed by atoms with Crippen molar-refractivity contribution in [2.75, 3.05) is 39.6 Å². The molecule has 17 nitrogen and oxygen atoms in total. The topological polar surface area (TPSA) is 237 Å². The number of ether oxygens (including phenoxy) is 4. The van der Waals surface area contributed by atoms with Crippen LogP contribution in [0.25, 0.3) is 0 Å². The Morgan fingerprint density at radius 2 is 0.500 bits per heavy atom. The lowest BCUT2D eigenvalue weighted by molar-refractivity contribution is -0.161. The Bertz CT molecular complexity index is 1800. The van der Waals surface area contributed by atoms with Gasteiger partial charge in [-0.3, -0.25) is 37.3 Å². The lowest BCUT2D eigenvalue weighted by Crippen LogP contribution is -2.30. The number of hydrogen-bond donors (Lipinski definition) is 3. The largest absolute Gasteiger partial charge is 0.472 e. The van der Waals surface area contributed by atoms with E-state index in [-0.39, 0.29) is 25.7 Å². The van der Waals surface area contributed by atoms with Crippen LogP contribution < -0.4 is 0 Å². The van der Waals surface area contributed by atoms with Crippen LogP contribution in [0.5, 0.6) is 0 Å². The minimum absolute atomic E-state index is 0.105. The van der Waals surface area contributed by atoms with Gasteiger partial charge in [0.25, 0.3) is 0 Å². The Balaban J connectivity index is 5.24. The smallest absolute Gasteiger partial charge is 0.462 e. The molecule has 0 heterocycles. The zero-order valence-corrected chi connectivity index (χ0v) is 61.8. The average Bonchev–Trinajstić information content (AvgIpc) is 2.77. The zero-order valence-electron chi connectivity index (χ0n) is 60.0. The van der Waals surface area contributed by atoms with Crippen LogP contribution in [0.15, 0.2) is 0 Å². The summed E-state index contributed by atoms with van der Waals surface area (Å²) in [6.07, 6.45) is 48.5. The predicted molar refractivity (Wildman–Crippen MR) is 372 cm³/mol. The summed E-state index contributed by atoms with van der Waals surface area (Å²) in [6.45, 7) is 11.9. The van der Waals surface area contributed by atoms with Gasteiger partial charge >= 0.3 is 39.5 Å². The Kier molecular flexibility index (Phi) is 62.4. The number of phosphoric ester groups is 2.